The Morgan fingerprint density at radius 2 is 1.70 bits per heavy atom. The van der Waals surface area contributed by atoms with Gasteiger partial charge in [-0.05, 0) is 81.6 Å². The number of sulfonamides is 1. The summed E-state index contributed by atoms with van der Waals surface area (Å²) >= 11 is 6.27. The van der Waals surface area contributed by atoms with Crippen molar-refractivity contribution in [1.82, 2.24) is 4.57 Å². The number of aromatic nitrogens is 1. The van der Waals surface area contributed by atoms with Gasteiger partial charge in [-0.25, -0.2) is 18.0 Å². The molecule has 1 aromatic heterocycles. The second kappa shape index (κ2) is 12.7. The molecule has 9 nitrogen and oxygen atoms in total. The second-order valence-corrected chi connectivity index (χ2v) is 14.9. The summed E-state index contributed by atoms with van der Waals surface area (Å²) in [7, 11) is -2.56. The van der Waals surface area contributed by atoms with Crippen molar-refractivity contribution in [3.8, 4) is 11.1 Å². The van der Waals surface area contributed by atoms with Crippen LogP contribution in [0.2, 0.25) is 5.02 Å². The first-order valence-electron chi connectivity index (χ1n) is 15.0. The number of anilines is 1. The lowest BCUT2D eigenvalue weighted by Crippen LogP contribution is -2.46. The van der Waals surface area contributed by atoms with E-state index < -0.39 is 39.7 Å². The van der Waals surface area contributed by atoms with Crippen molar-refractivity contribution in [2.75, 3.05) is 24.3 Å². The van der Waals surface area contributed by atoms with E-state index in [2.05, 4.69) is 4.57 Å². The Bertz CT molecular complexity index is 1900. The van der Waals surface area contributed by atoms with Gasteiger partial charge in [-0.1, -0.05) is 41.9 Å². The Morgan fingerprint density at radius 1 is 1.04 bits per heavy atom. The number of rotatable bonds is 9. The quantitative estimate of drug-likeness (QED) is 0.177. The summed E-state index contributed by atoms with van der Waals surface area (Å²) < 4.78 is 48.1. The van der Waals surface area contributed by atoms with Gasteiger partial charge in [0.05, 0.1) is 48.4 Å². The molecule has 244 valence electrons. The first kappa shape index (κ1) is 33.5. The third-order valence-electron chi connectivity index (χ3n) is 8.10. The number of hydrogen-bond acceptors (Lipinski definition) is 7. The van der Waals surface area contributed by atoms with Gasteiger partial charge >= 0.3 is 11.9 Å². The van der Waals surface area contributed by atoms with Crippen LogP contribution in [0.5, 0.6) is 0 Å². The van der Waals surface area contributed by atoms with Crippen LogP contribution in [0.15, 0.2) is 60.7 Å². The molecule has 0 radical (unpaired) electrons. The van der Waals surface area contributed by atoms with Crippen LogP contribution in [0.1, 0.15) is 60.5 Å². The number of nitrogens with zero attached hydrogens (tertiary/aromatic N) is 2. The first-order valence-corrected chi connectivity index (χ1v) is 17.2. The van der Waals surface area contributed by atoms with Crippen molar-refractivity contribution in [3.63, 3.8) is 0 Å². The summed E-state index contributed by atoms with van der Waals surface area (Å²) in [5.41, 5.74) is 4.36. The number of esters is 2. The predicted molar refractivity (Wildman–Crippen MR) is 180 cm³/mol. The maximum Gasteiger partial charge on any atom is 0.339 e. The molecule has 0 aliphatic carbocycles. The summed E-state index contributed by atoms with van der Waals surface area (Å²) in [6.07, 6.45) is 0.244. The van der Waals surface area contributed by atoms with E-state index in [1.807, 2.05) is 58.9 Å². The number of halogens is 1. The number of carbonyl (C=O) groups is 2. The van der Waals surface area contributed by atoms with Crippen molar-refractivity contribution >= 4 is 50.2 Å². The summed E-state index contributed by atoms with van der Waals surface area (Å²) in [4.78, 5) is 26.2. The minimum atomic E-state index is -3.86. The third kappa shape index (κ3) is 6.52. The van der Waals surface area contributed by atoms with Gasteiger partial charge in [0.25, 0.3) is 0 Å². The minimum Gasteiger partial charge on any atom is -0.467 e. The molecule has 4 aromatic rings. The highest BCUT2D eigenvalue weighted by molar-refractivity contribution is 7.92. The van der Waals surface area contributed by atoms with Crippen molar-refractivity contribution < 1.29 is 32.2 Å². The summed E-state index contributed by atoms with van der Waals surface area (Å²) in [6.45, 7) is 9.67. The summed E-state index contributed by atoms with van der Waals surface area (Å²) in [5, 5.41) is 1.32. The van der Waals surface area contributed by atoms with Crippen molar-refractivity contribution in [2.24, 2.45) is 0 Å². The van der Waals surface area contributed by atoms with Crippen molar-refractivity contribution in [3.05, 3.63) is 88.1 Å². The van der Waals surface area contributed by atoms with Crippen LogP contribution >= 0.6 is 11.6 Å². The zero-order valence-electron chi connectivity index (χ0n) is 27.1. The fourth-order valence-electron chi connectivity index (χ4n) is 6.26. The molecule has 11 heteroatoms. The monoisotopic (exact) mass is 666 g/mol. The molecule has 0 spiro atoms. The normalized spacial score (nSPS) is 15.6. The molecule has 46 heavy (non-hydrogen) atoms. The van der Waals surface area contributed by atoms with Crippen LogP contribution in [-0.2, 0) is 35.6 Å². The molecule has 0 saturated carbocycles. The zero-order valence-corrected chi connectivity index (χ0v) is 28.7. The third-order valence-corrected chi connectivity index (χ3v) is 9.55. The van der Waals surface area contributed by atoms with Gasteiger partial charge in [0.2, 0.25) is 10.0 Å². The van der Waals surface area contributed by atoms with E-state index in [4.69, 9.17) is 25.8 Å². The number of hydrogen-bond donors (Lipinski definition) is 0. The van der Waals surface area contributed by atoms with Gasteiger partial charge < -0.3 is 18.8 Å². The molecule has 1 aliphatic heterocycles. The molecular formula is C35H39ClN2O7S. The van der Waals surface area contributed by atoms with Crippen LogP contribution in [-0.4, -0.2) is 56.5 Å². The Labute approximate surface area is 275 Å². The molecule has 0 saturated heterocycles. The molecule has 1 aliphatic rings. The summed E-state index contributed by atoms with van der Waals surface area (Å²) in [5.74, 6) is -1.09. The molecule has 0 bridgehead atoms. The highest BCUT2D eigenvalue weighted by Crippen LogP contribution is 2.49. The molecule has 0 N–H and O–H groups in total. The van der Waals surface area contributed by atoms with Gasteiger partial charge in [0.15, 0.2) is 6.10 Å². The van der Waals surface area contributed by atoms with Crippen molar-refractivity contribution in [2.45, 2.75) is 65.3 Å². The Hall–Kier alpha value is -3.86. The summed E-state index contributed by atoms with van der Waals surface area (Å²) in [6, 6.07) is 17.4. The molecule has 3 aromatic carbocycles. The van der Waals surface area contributed by atoms with Crippen molar-refractivity contribution in [1.29, 1.82) is 0 Å². The van der Waals surface area contributed by atoms with E-state index in [1.165, 1.54) is 17.7 Å². The van der Waals surface area contributed by atoms with Crippen LogP contribution in [0.3, 0.4) is 0 Å². The molecule has 0 unspecified atom stereocenters. The zero-order chi connectivity index (χ0) is 33.6. The van der Waals surface area contributed by atoms with Crippen LogP contribution < -0.4 is 4.31 Å². The Morgan fingerprint density at radius 3 is 2.28 bits per heavy atom. The highest BCUT2D eigenvalue weighted by atomic mass is 35.5. The largest absolute Gasteiger partial charge is 0.467 e. The smallest absolute Gasteiger partial charge is 0.339 e. The van der Waals surface area contributed by atoms with E-state index in [0.717, 1.165) is 27.7 Å². The fourth-order valence-corrected chi connectivity index (χ4v) is 7.66. The Kier molecular flexibility index (Phi) is 9.28. The lowest BCUT2D eigenvalue weighted by molar-refractivity contribution is -0.164. The molecular weight excluding hydrogens is 628 g/mol. The minimum absolute atomic E-state index is 0.00981. The maximum atomic E-state index is 13.7. The number of benzene rings is 3. The lowest BCUT2D eigenvalue weighted by atomic mass is 9.87. The average molecular weight is 667 g/mol. The van der Waals surface area contributed by atoms with Gasteiger partial charge in [-0.2, -0.15) is 0 Å². The standard InChI is InChI=1S/C35H39ClN2O7S/c1-21-19-27-29(23-13-15-25(36)16-14-23)28(32(34(40)43-6)45-35(3,4)5)22(2)30-31(27)37(21)20-26(38(30)46(7,41)42)17-18-44-33(39)24-11-9-8-10-12-24/h8-16,19,26,32H,17-18,20H2,1-7H3/t26-,32-/m0/s1. The van der Waals surface area contributed by atoms with Gasteiger partial charge in [-0.15, -0.1) is 0 Å². The second-order valence-electron chi connectivity index (χ2n) is 12.6. The van der Waals surface area contributed by atoms with Gasteiger partial charge in [0.1, 0.15) is 0 Å². The van der Waals surface area contributed by atoms with Gasteiger partial charge in [0, 0.05) is 34.6 Å². The van der Waals surface area contributed by atoms with Crippen LogP contribution in [0.25, 0.3) is 22.0 Å². The fraction of sp³-hybridized carbons (Fsp3) is 0.371. The van der Waals surface area contributed by atoms with E-state index in [-0.39, 0.29) is 13.0 Å². The van der Waals surface area contributed by atoms with E-state index in [1.54, 1.807) is 36.4 Å². The van der Waals surface area contributed by atoms with Crippen LogP contribution in [0, 0.1) is 13.8 Å². The number of ether oxygens (including phenoxy) is 3. The Balaban J connectivity index is 1.73. The average Bonchev–Trinajstić information content (AvgIpc) is 3.32. The SMILES string of the molecule is COC(=O)[C@@H](OC(C)(C)C)c1c(C)c2c3c(cc(C)n3C[C@H](CCOC(=O)c3ccccc3)N2S(C)(=O)=O)c1-c1ccc(Cl)cc1. The first-order chi connectivity index (χ1) is 21.6. The molecule has 0 amide bonds. The predicted octanol–water partition coefficient (Wildman–Crippen LogP) is 7.00. The molecule has 5 rings (SSSR count). The maximum absolute atomic E-state index is 13.7. The molecule has 2 atom stereocenters. The topological polar surface area (TPSA) is 104 Å². The number of aryl methyl sites for hydroxylation is 1. The lowest BCUT2D eigenvalue weighted by Gasteiger charge is -2.39. The van der Waals surface area contributed by atoms with Crippen LogP contribution in [0.4, 0.5) is 5.69 Å². The highest BCUT2D eigenvalue weighted by Gasteiger charge is 2.41. The van der Waals surface area contributed by atoms with Gasteiger partial charge in [-0.3, -0.25) is 4.31 Å². The molecule has 2 heterocycles. The van der Waals surface area contributed by atoms with E-state index in [9.17, 15) is 18.0 Å². The van der Waals surface area contributed by atoms with E-state index >= 15 is 0 Å². The number of methoxy groups -OCH3 is 1. The number of carbonyl (C=O) groups excluding carboxylic acids is 2. The molecule has 0 fully saturated rings. The van der Waals surface area contributed by atoms with E-state index in [0.29, 0.717) is 33.9 Å².